The second-order valence-electron chi connectivity index (χ2n) is 6.41. The number of ether oxygens (including phenoxy) is 1. The maximum atomic E-state index is 13.0. The fourth-order valence-corrected chi connectivity index (χ4v) is 2.75. The average molecular weight is 369 g/mol. The van der Waals surface area contributed by atoms with Crippen molar-refractivity contribution in [1.82, 2.24) is 5.32 Å². The molecule has 0 radical (unpaired) electrons. The fraction of sp³-hybridized carbons (Fsp3) is 0.368. The molecule has 3 nitrogen and oxygen atoms in total. The van der Waals surface area contributed by atoms with E-state index in [2.05, 4.69) is 5.32 Å². The molecule has 0 heterocycles. The van der Waals surface area contributed by atoms with Crippen molar-refractivity contribution in [3.63, 3.8) is 0 Å². The fourth-order valence-electron chi connectivity index (χ4n) is 2.75. The molecule has 0 amide bonds. The Bertz CT molecular complexity index is 729. The summed E-state index contributed by atoms with van der Waals surface area (Å²) >= 11 is 0. The predicted octanol–water partition coefficient (Wildman–Crippen LogP) is 4.58. The van der Waals surface area contributed by atoms with E-state index in [4.69, 9.17) is 4.74 Å². The van der Waals surface area contributed by atoms with E-state index in [1.807, 2.05) is 6.07 Å². The van der Waals surface area contributed by atoms with Gasteiger partial charge in [0.25, 0.3) is 0 Å². The van der Waals surface area contributed by atoms with Crippen molar-refractivity contribution in [2.75, 3.05) is 6.54 Å². The van der Waals surface area contributed by atoms with Crippen molar-refractivity contribution >= 4 is 0 Å². The number of halogens is 4. The molecule has 1 saturated carbocycles. The largest absolute Gasteiger partial charge is 0.457 e. The van der Waals surface area contributed by atoms with Gasteiger partial charge in [-0.05, 0) is 60.7 Å². The molecule has 7 heteroatoms. The van der Waals surface area contributed by atoms with Crippen LogP contribution in [0.3, 0.4) is 0 Å². The molecule has 2 N–H and O–H groups in total. The van der Waals surface area contributed by atoms with Gasteiger partial charge < -0.3 is 15.2 Å². The quantitative estimate of drug-likeness (QED) is 0.702. The summed E-state index contributed by atoms with van der Waals surface area (Å²) < 4.78 is 56.2. The van der Waals surface area contributed by atoms with Gasteiger partial charge in [-0.25, -0.2) is 4.39 Å². The first-order valence-corrected chi connectivity index (χ1v) is 8.34. The molecule has 0 saturated heterocycles. The Hall–Kier alpha value is -2.12. The van der Waals surface area contributed by atoms with Gasteiger partial charge in [-0.1, -0.05) is 12.1 Å². The smallest absolute Gasteiger partial charge is 0.415 e. The Balaban J connectivity index is 1.70. The van der Waals surface area contributed by atoms with Crippen LogP contribution in [0.15, 0.2) is 48.5 Å². The van der Waals surface area contributed by atoms with Crippen LogP contribution >= 0.6 is 0 Å². The lowest BCUT2D eigenvalue weighted by Gasteiger charge is -2.22. The highest BCUT2D eigenvalue weighted by Crippen LogP contribution is 2.42. The van der Waals surface area contributed by atoms with Gasteiger partial charge in [-0.3, -0.25) is 0 Å². The molecule has 2 unspecified atom stereocenters. The van der Waals surface area contributed by atoms with Crippen molar-refractivity contribution in [3.05, 3.63) is 59.9 Å². The van der Waals surface area contributed by atoms with Crippen molar-refractivity contribution < 1.29 is 27.4 Å². The minimum atomic E-state index is -4.64. The van der Waals surface area contributed by atoms with E-state index in [0.717, 1.165) is 18.4 Å². The number of aliphatic hydroxyl groups excluding tert-OH is 1. The Morgan fingerprint density at radius 2 is 1.77 bits per heavy atom. The van der Waals surface area contributed by atoms with Crippen LogP contribution in [0.2, 0.25) is 0 Å². The minimum Gasteiger partial charge on any atom is -0.457 e. The first-order chi connectivity index (χ1) is 12.3. The van der Waals surface area contributed by atoms with Gasteiger partial charge in [0.1, 0.15) is 17.3 Å². The summed E-state index contributed by atoms with van der Waals surface area (Å²) in [6.45, 7) is -0.562. The van der Waals surface area contributed by atoms with Crippen molar-refractivity contribution in [1.29, 1.82) is 0 Å². The highest BCUT2D eigenvalue weighted by Gasteiger charge is 2.39. The molecule has 0 bridgehead atoms. The molecule has 0 spiro atoms. The van der Waals surface area contributed by atoms with Crippen molar-refractivity contribution in [2.45, 2.75) is 31.2 Å². The zero-order chi connectivity index (χ0) is 18.7. The number of benzene rings is 2. The highest BCUT2D eigenvalue weighted by molar-refractivity contribution is 5.35. The third kappa shape index (κ3) is 4.95. The molecule has 1 aliphatic carbocycles. The van der Waals surface area contributed by atoms with Crippen molar-refractivity contribution in [3.8, 4) is 11.5 Å². The number of hydrogen-bond donors (Lipinski definition) is 2. The van der Waals surface area contributed by atoms with E-state index in [-0.39, 0.29) is 17.8 Å². The van der Waals surface area contributed by atoms with Gasteiger partial charge in [-0.15, -0.1) is 0 Å². The van der Waals surface area contributed by atoms with E-state index in [1.165, 1.54) is 24.3 Å². The molecule has 140 valence electrons. The second kappa shape index (κ2) is 7.63. The lowest BCUT2D eigenvalue weighted by molar-refractivity contribution is -0.202. The maximum Gasteiger partial charge on any atom is 0.415 e. The van der Waals surface area contributed by atoms with Gasteiger partial charge >= 0.3 is 6.18 Å². The molecular weight excluding hydrogens is 350 g/mol. The molecule has 1 fully saturated rings. The van der Waals surface area contributed by atoms with Gasteiger partial charge in [0.15, 0.2) is 6.10 Å². The normalized spacial score (nSPS) is 17.0. The van der Waals surface area contributed by atoms with Crippen LogP contribution in [0.4, 0.5) is 17.6 Å². The zero-order valence-electron chi connectivity index (χ0n) is 13.8. The molecule has 3 rings (SSSR count). The Labute approximate surface area is 148 Å². The van der Waals surface area contributed by atoms with E-state index in [1.54, 1.807) is 18.2 Å². The third-order valence-electron chi connectivity index (χ3n) is 4.27. The topological polar surface area (TPSA) is 41.5 Å². The van der Waals surface area contributed by atoms with Crippen molar-refractivity contribution in [2.24, 2.45) is 5.92 Å². The Morgan fingerprint density at radius 1 is 1.08 bits per heavy atom. The third-order valence-corrected chi connectivity index (χ3v) is 4.27. The molecule has 0 aromatic heterocycles. The Kier molecular flexibility index (Phi) is 5.48. The molecule has 26 heavy (non-hydrogen) atoms. The molecule has 1 aliphatic rings. The summed E-state index contributed by atoms with van der Waals surface area (Å²) in [4.78, 5) is 0. The summed E-state index contributed by atoms with van der Waals surface area (Å²) in [5, 5.41) is 12.0. The van der Waals surface area contributed by atoms with Crippen LogP contribution < -0.4 is 10.1 Å². The number of rotatable bonds is 7. The lowest BCUT2D eigenvalue weighted by Crippen LogP contribution is -2.40. The van der Waals surface area contributed by atoms with Gasteiger partial charge in [0.05, 0.1) is 0 Å². The summed E-state index contributed by atoms with van der Waals surface area (Å²) in [7, 11) is 0. The van der Waals surface area contributed by atoms with Crippen LogP contribution in [0.25, 0.3) is 0 Å². The Morgan fingerprint density at radius 3 is 2.38 bits per heavy atom. The van der Waals surface area contributed by atoms with E-state index >= 15 is 0 Å². The maximum absolute atomic E-state index is 13.0. The number of nitrogens with one attached hydrogen (secondary N) is 1. The molecule has 0 aliphatic heterocycles. The van der Waals surface area contributed by atoms with Crippen LogP contribution in [0.5, 0.6) is 11.5 Å². The molecular formula is C19H19F4NO2. The number of hydrogen-bond acceptors (Lipinski definition) is 3. The minimum absolute atomic E-state index is 0.233. The number of alkyl halides is 3. The monoisotopic (exact) mass is 369 g/mol. The van der Waals surface area contributed by atoms with Crippen LogP contribution in [-0.2, 0) is 0 Å². The van der Waals surface area contributed by atoms with E-state index in [9.17, 15) is 22.7 Å². The van der Waals surface area contributed by atoms with Crippen LogP contribution in [0.1, 0.15) is 24.4 Å². The summed E-state index contributed by atoms with van der Waals surface area (Å²) in [6, 6.07) is 12.3. The standard InChI is InChI=1S/C19H19F4NO2/c20-14-6-8-15(9-7-14)26-16-3-1-2-13(10-16)18(12-4-5-12)24-11-17(25)19(21,22)23/h1-3,6-10,12,17-18,24-25H,4-5,11H2. The average Bonchev–Trinajstić information content (AvgIpc) is 3.41. The first-order valence-electron chi connectivity index (χ1n) is 8.34. The lowest BCUT2D eigenvalue weighted by atomic mass is 10.0. The van der Waals surface area contributed by atoms with Crippen LogP contribution in [-0.4, -0.2) is 23.9 Å². The SMILES string of the molecule is OC(CNC(c1cccc(Oc2ccc(F)cc2)c1)C1CC1)C(F)(F)F. The van der Waals surface area contributed by atoms with Gasteiger partial charge in [0.2, 0.25) is 0 Å². The summed E-state index contributed by atoms with van der Waals surface area (Å²) in [5.74, 6) is 0.841. The second-order valence-corrected chi connectivity index (χ2v) is 6.41. The van der Waals surface area contributed by atoms with E-state index < -0.39 is 18.8 Å². The molecule has 2 aromatic carbocycles. The zero-order valence-corrected chi connectivity index (χ0v) is 13.8. The first kappa shape index (κ1) is 18.7. The highest BCUT2D eigenvalue weighted by atomic mass is 19.4. The summed E-state index contributed by atoms with van der Waals surface area (Å²) in [6.07, 6.45) is -5.21. The van der Waals surface area contributed by atoms with Crippen LogP contribution in [0, 0.1) is 11.7 Å². The molecule has 2 aromatic rings. The van der Waals surface area contributed by atoms with E-state index in [0.29, 0.717) is 11.5 Å². The summed E-state index contributed by atoms with van der Waals surface area (Å²) in [5.41, 5.74) is 0.793. The van der Waals surface area contributed by atoms with Gasteiger partial charge in [0, 0.05) is 12.6 Å². The molecule has 2 atom stereocenters. The number of aliphatic hydroxyl groups is 1. The van der Waals surface area contributed by atoms with Gasteiger partial charge in [-0.2, -0.15) is 13.2 Å². The predicted molar refractivity (Wildman–Crippen MR) is 88.4 cm³/mol.